The molecule has 2 aromatic rings. The summed E-state index contributed by atoms with van der Waals surface area (Å²) in [5, 5.41) is 10.7. The zero-order valence-electron chi connectivity index (χ0n) is 11.1. The minimum Gasteiger partial charge on any atom is -0.761 e. The summed E-state index contributed by atoms with van der Waals surface area (Å²) in [7, 11) is 0. The van der Waals surface area contributed by atoms with Crippen molar-refractivity contribution < 1.29 is 13.6 Å². The number of pyridine rings is 1. The molecule has 1 N–H and O–H groups in total. The second-order valence-electron chi connectivity index (χ2n) is 4.25. The van der Waals surface area contributed by atoms with Crippen molar-refractivity contribution in [3.05, 3.63) is 53.4 Å². The monoisotopic (exact) mass is 292 g/mol. The fourth-order valence-corrected chi connectivity index (χ4v) is 1.88. The van der Waals surface area contributed by atoms with E-state index in [0.717, 1.165) is 4.90 Å². The molecule has 0 atom stereocenters. The highest BCUT2D eigenvalue weighted by Gasteiger charge is 2.17. The molecule has 0 spiro atoms. The lowest BCUT2D eigenvalue weighted by atomic mass is 10.2. The molecule has 7 heteroatoms. The summed E-state index contributed by atoms with van der Waals surface area (Å²) < 4.78 is 25.5. The lowest BCUT2D eigenvalue weighted by Crippen LogP contribution is -2.23. The summed E-state index contributed by atoms with van der Waals surface area (Å²) in [6.45, 7) is 1.29. The van der Waals surface area contributed by atoms with Crippen LogP contribution in [0.3, 0.4) is 0 Å². The molecule has 0 aliphatic heterocycles. The molecule has 0 radical (unpaired) electrons. The first kappa shape index (κ1) is 14.9. The number of amides is 1. The van der Waals surface area contributed by atoms with Gasteiger partial charge in [0.2, 0.25) is 5.91 Å². The fourth-order valence-electron chi connectivity index (χ4n) is 1.88. The highest BCUT2D eigenvalue weighted by molar-refractivity contribution is 5.98. The zero-order valence-corrected chi connectivity index (χ0v) is 11.1. The van der Waals surface area contributed by atoms with E-state index in [9.17, 15) is 18.8 Å². The Labute approximate surface area is 119 Å². The fraction of sp³-hybridized carbons (Fsp3) is 0.143. The number of carbonyl (C=O) groups excluding carboxylic acids is 1. The lowest BCUT2D eigenvalue weighted by molar-refractivity contribution is -0.115. The minimum atomic E-state index is -2.64. The van der Waals surface area contributed by atoms with Gasteiger partial charge in [0, 0.05) is 30.4 Å². The number of halogens is 2. The number of carbonyl (C=O) groups is 1. The van der Waals surface area contributed by atoms with Crippen LogP contribution in [0.15, 0.2) is 42.6 Å². The summed E-state index contributed by atoms with van der Waals surface area (Å²) in [6, 6.07) is 8.24. The Morgan fingerprint density at radius 3 is 2.71 bits per heavy atom. The van der Waals surface area contributed by atoms with Gasteiger partial charge in [0.15, 0.2) is 0 Å². The van der Waals surface area contributed by atoms with Crippen molar-refractivity contribution in [3.8, 4) is 0 Å². The Hall–Kier alpha value is -2.54. The van der Waals surface area contributed by atoms with E-state index in [1.165, 1.54) is 49.5 Å². The van der Waals surface area contributed by atoms with Crippen molar-refractivity contribution in [2.75, 3.05) is 10.4 Å². The molecular weight excluding hydrogens is 280 g/mol. The highest BCUT2D eigenvalue weighted by atomic mass is 19.3. The molecule has 0 aliphatic rings. The third-order valence-corrected chi connectivity index (χ3v) is 2.79. The molecule has 1 aromatic carbocycles. The predicted octanol–water partition coefficient (Wildman–Crippen LogP) is 3.61. The van der Waals surface area contributed by atoms with Crippen LogP contribution in [-0.2, 0) is 4.79 Å². The summed E-state index contributed by atoms with van der Waals surface area (Å²) in [5.41, 5.74) is 1.98. The number of anilines is 3. The van der Waals surface area contributed by atoms with Gasteiger partial charge in [0.25, 0.3) is 6.43 Å². The number of hydrogen-bond acceptors (Lipinski definition) is 4. The zero-order chi connectivity index (χ0) is 15.4. The van der Waals surface area contributed by atoms with Crippen LogP contribution in [-0.4, -0.2) is 10.9 Å². The van der Waals surface area contributed by atoms with E-state index in [-0.39, 0.29) is 22.8 Å². The van der Waals surface area contributed by atoms with E-state index in [4.69, 9.17) is 0 Å². The predicted molar refractivity (Wildman–Crippen MR) is 75.4 cm³/mol. The Morgan fingerprint density at radius 2 is 2.10 bits per heavy atom. The maximum absolute atomic E-state index is 12.8. The van der Waals surface area contributed by atoms with Gasteiger partial charge in [-0.25, -0.2) is 13.8 Å². The molecule has 5 nitrogen and oxygen atoms in total. The maximum atomic E-state index is 12.8. The summed E-state index contributed by atoms with van der Waals surface area (Å²) in [5.74, 6) is -0.230. The second kappa shape index (κ2) is 6.27. The van der Waals surface area contributed by atoms with E-state index < -0.39 is 12.3 Å². The number of rotatable bonds is 4. The molecule has 0 unspecified atom stereocenters. The van der Waals surface area contributed by atoms with E-state index in [2.05, 4.69) is 4.98 Å². The molecule has 0 saturated heterocycles. The van der Waals surface area contributed by atoms with Crippen LogP contribution in [0.1, 0.15) is 18.9 Å². The van der Waals surface area contributed by atoms with Crippen LogP contribution in [0, 0.1) is 5.21 Å². The third kappa shape index (κ3) is 3.32. The van der Waals surface area contributed by atoms with Gasteiger partial charge in [-0.3, -0.25) is 9.69 Å². The summed E-state index contributed by atoms with van der Waals surface area (Å²) in [6.07, 6.45) is -1.29. The Balaban J connectivity index is 2.48. The standard InChI is InChI=1S/C14H12F2N3O2/c1-9(20)19(13-8-11(18-21)5-6-17-13)12-4-2-3-10(7-12)14(15)16/h2-8,14H,1H3,(H-,17,18,21)/q-1. The van der Waals surface area contributed by atoms with Crippen molar-refractivity contribution in [1.29, 1.82) is 0 Å². The third-order valence-electron chi connectivity index (χ3n) is 2.79. The Bertz CT molecular complexity index is 650. The largest absolute Gasteiger partial charge is 0.761 e. The first-order chi connectivity index (χ1) is 10.0. The van der Waals surface area contributed by atoms with Gasteiger partial charge in [0.1, 0.15) is 5.82 Å². The average molecular weight is 292 g/mol. The number of nitrogens with zero attached hydrogens (tertiary/aromatic N) is 2. The molecule has 0 saturated carbocycles. The van der Waals surface area contributed by atoms with E-state index in [1.54, 1.807) is 5.48 Å². The molecule has 0 aliphatic carbocycles. The average Bonchev–Trinajstić information content (AvgIpc) is 2.47. The van der Waals surface area contributed by atoms with E-state index in [0.29, 0.717) is 0 Å². The topological polar surface area (TPSA) is 68.3 Å². The minimum absolute atomic E-state index is 0.176. The van der Waals surface area contributed by atoms with Crippen LogP contribution in [0.25, 0.3) is 0 Å². The second-order valence-corrected chi connectivity index (χ2v) is 4.25. The highest BCUT2D eigenvalue weighted by Crippen LogP contribution is 2.29. The molecule has 1 aromatic heterocycles. The Kier molecular flexibility index (Phi) is 4.44. The van der Waals surface area contributed by atoms with Gasteiger partial charge in [-0.1, -0.05) is 12.1 Å². The quantitative estimate of drug-likeness (QED) is 0.874. The van der Waals surface area contributed by atoms with Gasteiger partial charge in [-0.15, -0.1) is 0 Å². The molecule has 0 bridgehead atoms. The molecule has 1 amide bonds. The van der Waals surface area contributed by atoms with Gasteiger partial charge >= 0.3 is 0 Å². The smallest absolute Gasteiger partial charge is 0.263 e. The molecule has 2 rings (SSSR count). The Morgan fingerprint density at radius 1 is 1.33 bits per heavy atom. The first-order valence-electron chi connectivity index (χ1n) is 6.06. The van der Waals surface area contributed by atoms with Crippen molar-refractivity contribution in [2.45, 2.75) is 13.3 Å². The van der Waals surface area contributed by atoms with Crippen molar-refractivity contribution >= 4 is 23.1 Å². The summed E-state index contributed by atoms with van der Waals surface area (Å²) in [4.78, 5) is 17.0. The molecule has 0 fully saturated rings. The first-order valence-corrected chi connectivity index (χ1v) is 6.06. The normalized spacial score (nSPS) is 10.5. The number of benzene rings is 1. The SMILES string of the molecule is CC(=O)N(c1cccc(C(F)F)c1)c1cc(N[O-])ccn1. The molecular formula is C14H12F2N3O2-. The number of aromatic nitrogens is 1. The van der Waals surface area contributed by atoms with Crippen LogP contribution in [0.5, 0.6) is 0 Å². The maximum Gasteiger partial charge on any atom is 0.263 e. The van der Waals surface area contributed by atoms with Crippen molar-refractivity contribution in [3.63, 3.8) is 0 Å². The number of nitrogens with one attached hydrogen (secondary N) is 1. The van der Waals surface area contributed by atoms with Crippen molar-refractivity contribution in [1.82, 2.24) is 4.98 Å². The number of alkyl halides is 2. The van der Waals surface area contributed by atoms with Crippen molar-refractivity contribution in [2.24, 2.45) is 0 Å². The van der Waals surface area contributed by atoms with Gasteiger partial charge in [0.05, 0.1) is 5.69 Å². The lowest BCUT2D eigenvalue weighted by Gasteiger charge is -2.22. The molecule has 110 valence electrons. The van der Waals surface area contributed by atoms with Gasteiger partial charge in [-0.2, -0.15) is 0 Å². The van der Waals surface area contributed by atoms with Crippen LogP contribution in [0.2, 0.25) is 0 Å². The van der Waals surface area contributed by atoms with Gasteiger partial charge < -0.3 is 10.7 Å². The van der Waals surface area contributed by atoms with E-state index in [1.807, 2.05) is 0 Å². The number of hydrogen-bond donors (Lipinski definition) is 1. The molecule has 1 heterocycles. The van der Waals surface area contributed by atoms with Crippen LogP contribution in [0.4, 0.5) is 26.0 Å². The molecule has 21 heavy (non-hydrogen) atoms. The van der Waals surface area contributed by atoms with Crippen LogP contribution >= 0.6 is 0 Å². The van der Waals surface area contributed by atoms with Gasteiger partial charge in [-0.05, 0) is 18.2 Å². The van der Waals surface area contributed by atoms with Crippen LogP contribution < -0.4 is 10.4 Å². The van der Waals surface area contributed by atoms with E-state index >= 15 is 0 Å². The summed E-state index contributed by atoms with van der Waals surface area (Å²) >= 11 is 0.